The number of hydrogen-bond acceptors (Lipinski definition) is 7. The van der Waals surface area contributed by atoms with E-state index in [4.69, 9.17) is 0 Å². The van der Waals surface area contributed by atoms with Crippen molar-refractivity contribution in [3.63, 3.8) is 0 Å². The summed E-state index contributed by atoms with van der Waals surface area (Å²) >= 11 is 0. The van der Waals surface area contributed by atoms with Gasteiger partial charge in [-0.15, -0.1) is 0 Å². The molecule has 202 valence electrons. The van der Waals surface area contributed by atoms with Crippen LogP contribution in [-0.4, -0.2) is 57.2 Å². The van der Waals surface area contributed by atoms with Gasteiger partial charge >= 0.3 is 11.9 Å². The number of aliphatic carboxylic acids is 2. The molecular weight excluding hydrogens is 482 g/mol. The first-order valence-electron chi connectivity index (χ1n) is 12.5. The van der Waals surface area contributed by atoms with Crippen molar-refractivity contribution in [3.05, 3.63) is 23.3 Å². The summed E-state index contributed by atoms with van der Waals surface area (Å²) in [5.41, 5.74) is 1.49. The summed E-state index contributed by atoms with van der Waals surface area (Å²) in [5, 5.41) is 21.1. The Hall–Kier alpha value is -3.43. The SMILES string of the molecule is CC(=O)CC(CC(=O)CC(NC(=O)CCC(C)(C1=CCC(=O)CC1)C1=CCC(=O)CC1)C(=O)O)C(=O)O. The number of carbonyl (C=O) groups excluding carboxylic acids is 5. The molecular formula is C27H35NO9. The van der Waals surface area contributed by atoms with Gasteiger partial charge < -0.3 is 20.3 Å². The Balaban J connectivity index is 2.08. The van der Waals surface area contributed by atoms with Crippen LogP contribution in [0, 0.1) is 11.3 Å². The fourth-order valence-corrected chi connectivity index (χ4v) is 4.97. The van der Waals surface area contributed by atoms with Crippen LogP contribution in [-0.2, 0) is 33.6 Å². The third kappa shape index (κ3) is 8.87. The van der Waals surface area contributed by atoms with E-state index in [0.717, 1.165) is 11.1 Å². The first kappa shape index (κ1) is 29.8. The minimum atomic E-state index is -1.53. The highest BCUT2D eigenvalue weighted by Gasteiger charge is 2.36. The molecule has 2 atom stereocenters. The second-order valence-corrected chi connectivity index (χ2v) is 10.1. The van der Waals surface area contributed by atoms with E-state index in [2.05, 4.69) is 5.32 Å². The van der Waals surface area contributed by atoms with Crippen LogP contribution in [0.3, 0.4) is 0 Å². The zero-order valence-electron chi connectivity index (χ0n) is 21.3. The van der Waals surface area contributed by atoms with Crippen molar-refractivity contribution in [1.82, 2.24) is 5.32 Å². The zero-order chi connectivity index (χ0) is 27.8. The van der Waals surface area contributed by atoms with Gasteiger partial charge in [0.25, 0.3) is 0 Å². The molecule has 37 heavy (non-hydrogen) atoms. The molecule has 0 radical (unpaired) electrons. The average molecular weight is 518 g/mol. The van der Waals surface area contributed by atoms with Gasteiger partial charge in [-0.2, -0.15) is 0 Å². The summed E-state index contributed by atoms with van der Waals surface area (Å²) in [7, 11) is 0. The highest BCUT2D eigenvalue weighted by atomic mass is 16.4. The van der Waals surface area contributed by atoms with Gasteiger partial charge in [-0.05, 0) is 26.2 Å². The molecule has 0 spiro atoms. The lowest BCUT2D eigenvalue weighted by molar-refractivity contribution is -0.146. The quantitative estimate of drug-likeness (QED) is 0.293. The second-order valence-electron chi connectivity index (χ2n) is 10.1. The maximum atomic E-state index is 12.8. The predicted octanol–water partition coefficient (Wildman–Crippen LogP) is 2.73. The summed E-state index contributed by atoms with van der Waals surface area (Å²) < 4.78 is 0. The molecule has 0 saturated carbocycles. The van der Waals surface area contributed by atoms with E-state index < -0.39 is 59.6 Å². The van der Waals surface area contributed by atoms with Gasteiger partial charge in [-0.1, -0.05) is 30.2 Å². The van der Waals surface area contributed by atoms with E-state index in [1.807, 2.05) is 19.1 Å². The molecule has 2 aliphatic carbocycles. The van der Waals surface area contributed by atoms with Crippen molar-refractivity contribution < 1.29 is 43.8 Å². The molecule has 2 aliphatic rings. The number of carbonyl (C=O) groups is 7. The van der Waals surface area contributed by atoms with E-state index >= 15 is 0 Å². The van der Waals surface area contributed by atoms with Crippen molar-refractivity contribution in [2.75, 3.05) is 0 Å². The van der Waals surface area contributed by atoms with Crippen LogP contribution >= 0.6 is 0 Å². The lowest BCUT2D eigenvalue weighted by Crippen LogP contribution is -2.43. The van der Waals surface area contributed by atoms with E-state index in [1.165, 1.54) is 6.92 Å². The van der Waals surface area contributed by atoms with E-state index in [0.29, 0.717) is 44.9 Å². The maximum Gasteiger partial charge on any atom is 0.326 e. The highest BCUT2D eigenvalue weighted by Crippen LogP contribution is 2.46. The number of carboxylic acid groups (broad SMARTS) is 2. The minimum absolute atomic E-state index is 0.0485. The maximum absolute atomic E-state index is 12.8. The van der Waals surface area contributed by atoms with Gasteiger partial charge in [0.1, 0.15) is 29.2 Å². The number of rotatable bonds is 14. The highest BCUT2D eigenvalue weighted by molar-refractivity contribution is 5.92. The van der Waals surface area contributed by atoms with E-state index in [9.17, 15) is 43.8 Å². The molecule has 0 saturated heterocycles. The molecule has 10 heteroatoms. The third-order valence-corrected chi connectivity index (χ3v) is 7.19. The smallest absolute Gasteiger partial charge is 0.326 e. The summed E-state index contributed by atoms with van der Waals surface area (Å²) in [6, 6.07) is -1.53. The topological polar surface area (TPSA) is 172 Å². The molecule has 0 bridgehead atoms. The molecule has 0 heterocycles. The van der Waals surface area contributed by atoms with Crippen molar-refractivity contribution in [2.24, 2.45) is 11.3 Å². The van der Waals surface area contributed by atoms with Gasteiger partial charge in [0.05, 0.1) is 5.92 Å². The van der Waals surface area contributed by atoms with Gasteiger partial charge in [0.15, 0.2) is 0 Å². The Labute approximate surface area is 215 Å². The lowest BCUT2D eigenvalue weighted by atomic mass is 9.66. The number of carboxylic acids is 2. The lowest BCUT2D eigenvalue weighted by Gasteiger charge is -2.38. The monoisotopic (exact) mass is 517 g/mol. The Morgan fingerprint density at radius 3 is 1.81 bits per heavy atom. The summed E-state index contributed by atoms with van der Waals surface area (Å²) in [6.07, 6.45) is 5.17. The summed E-state index contributed by atoms with van der Waals surface area (Å²) in [5.74, 6) is -5.38. The molecule has 2 rings (SSSR count). The normalized spacial score (nSPS) is 17.8. The first-order chi connectivity index (χ1) is 17.3. The number of allylic oxidation sites excluding steroid dienone is 4. The molecule has 10 nitrogen and oxygen atoms in total. The van der Waals surface area contributed by atoms with E-state index in [1.54, 1.807) is 0 Å². The van der Waals surface area contributed by atoms with Crippen LogP contribution in [0.1, 0.15) is 84.5 Å². The molecule has 0 aromatic heterocycles. The first-order valence-corrected chi connectivity index (χ1v) is 12.5. The van der Waals surface area contributed by atoms with Crippen molar-refractivity contribution in [2.45, 2.75) is 90.5 Å². The van der Waals surface area contributed by atoms with Crippen LogP contribution < -0.4 is 5.32 Å². The van der Waals surface area contributed by atoms with Crippen molar-refractivity contribution in [3.8, 4) is 0 Å². The van der Waals surface area contributed by atoms with Crippen LogP contribution in [0.5, 0.6) is 0 Å². The Morgan fingerprint density at radius 1 is 0.865 bits per heavy atom. The number of hydrogen-bond donors (Lipinski definition) is 3. The van der Waals surface area contributed by atoms with Gasteiger partial charge in [0.2, 0.25) is 5.91 Å². The molecule has 0 aromatic rings. The predicted molar refractivity (Wildman–Crippen MR) is 131 cm³/mol. The van der Waals surface area contributed by atoms with E-state index in [-0.39, 0.29) is 24.4 Å². The zero-order valence-corrected chi connectivity index (χ0v) is 21.3. The Kier molecular flexibility index (Phi) is 10.6. The fraction of sp³-hybridized carbons (Fsp3) is 0.593. The van der Waals surface area contributed by atoms with Gasteiger partial charge in [-0.25, -0.2) is 4.79 Å². The number of Topliss-reactive ketones (excluding diaryl/α,β-unsaturated/α-hetero) is 4. The number of nitrogens with one attached hydrogen (secondary N) is 1. The minimum Gasteiger partial charge on any atom is -0.481 e. The van der Waals surface area contributed by atoms with Crippen LogP contribution in [0.2, 0.25) is 0 Å². The third-order valence-electron chi connectivity index (χ3n) is 7.19. The van der Waals surface area contributed by atoms with Crippen LogP contribution in [0.15, 0.2) is 23.3 Å². The Bertz CT molecular complexity index is 1000. The molecule has 1 amide bonds. The standard InChI is InChI=1S/C27H35NO9/c1-16(29)13-17(25(34)35)14-22(32)15-23(26(36)37)28-24(33)11-12-27(2,18-3-7-20(30)8-4-18)19-5-9-21(31)10-6-19/h3,5,17,23H,4,6-15H2,1-2H3,(H,28,33)(H,34,35)(H,36,37). The van der Waals surface area contributed by atoms with Crippen LogP contribution in [0.25, 0.3) is 0 Å². The average Bonchev–Trinajstić information content (AvgIpc) is 2.82. The second kappa shape index (κ2) is 13.2. The fourth-order valence-electron chi connectivity index (χ4n) is 4.97. The Morgan fingerprint density at radius 2 is 1.41 bits per heavy atom. The summed E-state index contributed by atoms with van der Waals surface area (Å²) in [4.78, 5) is 82.9. The molecule has 2 unspecified atom stereocenters. The van der Waals surface area contributed by atoms with Crippen molar-refractivity contribution >= 4 is 41.0 Å². The molecule has 3 N–H and O–H groups in total. The van der Waals surface area contributed by atoms with Crippen molar-refractivity contribution in [1.29, 1.82) is 0 Å². The summed E-state index contributed by atoms with van der Waals surface area (Å²) in [6.45, 7) is 3.18. The number of amides is 1. The molecule has 0 aliphatic heterocycles. The van der Waals surface area contributed by atoms with Crippen LogP contribution in [0.4, 0.5) is 0 Å². The van der Waals surface area contributed by atoms with Gasteiger partial charge in [0, 0.05) is 56.8 Å². The number of ketones is 4. The van der Waals surface area contributed by atoms with Gasteiger partial charge in [-0.3, -0.25) is 24.0 Å². The largest absolute Gasteiger partial charge is 0.481 e. The molecule has 0 aromatic carbocycles. The molecule has 0 fully saturated rings.